The van der Waals surface area contributed by atoms with Gasteiger partial charge in [-0.15, -0.1) is 0 Å². The minimum Gasteiger partial charge on any atom is -0.463 e. The summed E-state index contributed by atoms with van der Waals surface area (Å²) in [5.74, 6) is 0.308. The first-order chi connectivity index (χ1) is 10.1. The smallest absolute Gasteiger partial charge is 0.330 e. The molecule has 6 heteroatoms. The number of nitro benzene ring substituents is 1. The van der Waals surface area contributed by atoms with E-state index in [-0.39, 0.29) is 5.69 Å². The molecule has 2 rings (SSSR count). The Morgan fingerprint density at radius 3 is 2.81 bits per heavy atom. The molecule has 0 saturated heterocycles. The lowest BCUT2D eigenvalue weighted by molar-refractivity contribution is -0.384. The van der Waals surface area contributed by atoms with Gasteiger partial charge in [0.1, 0.15) is 11.5 Å². The third-order valence-corrected chi connectivity index (χ3v) is 2.66. The standard InChI is InChI=1S/C15H13NO5/c1-2-20-15(17)10-8-11-7-9-14(21-11)12-5-3-4-6-13(12)16(18)19/h3-10H,2H2,1H3/b10-8+. The molecular formula is C15H13NO5. The number of esters is 1. The topological polar surface area (TPSA) is 82.6 Å². The maximum atomic E-state index is 11.2. The summed E-state index contributed by atoms with van der Waals surface area (Å²) >= 11 is 0. The Kier molecular flexibility index (Phi) is 4.50. The largest absolute Gasteiger partial charge is 0.463 e. The molecule has 0 radical (unpaired) electrons. The van der Waals surface area contributed by atoms with Crippen LogP contribution in [0.1, 0.15) is 12.7 Å². The van der Waals surface area contributed by atoms with Crippen LogP contribution in [0.2, 0.25) is 0 Å². The zero-order chi connectivity index (χ0) is 15.2. The summed E-state index contributed by atoms with van der Waals surface area (Å²) in [4.78, 5) is 21.7. The molecule has 0 unspecified atom stereocenters. The van der Waals surface area contributed by atoms with E-state index in [0.717, 1.165) is 0 Å². The minimum atomic E-state index is -0.471. The van der Waals surface area contributed by atoms with Crippen molar-refractivity contribution in [3.63, 3.8) is 0 Å². The highest BCUT2D eigenvalue weighted by atomic mass is 16.6. The van der Waals surface area contributed by atoms with Crippen LogP contribution >= 0.6 is 0 Å². The van der Waals surface area contributed by atoms with Crippen molar-refractivity contribution < 1.29 is 18.9 Å². The van der Waals surface area contributed by atoms with Gasteiger partial charge in [0.05, 0.1) is 17.1 Å². The summed E-state index contributed by atoms with van der Waals surface area (Å²) in [5.41, 5.74) is 0.353. The Labute approximate surface area is 120 Å². The maximum absolute atomic E-state index is 11.2. The zero-order valence-electron chi connectivity index (χ0n) is 11.3. The van der Waals surface area contributed by atoms with Crippen LogP contribution in [-0.2, 0) is 9.53 Å². The van der Waals surface area contributed by atoms with E-state index in [2.05, 4.69) is 0 Å². The molecule has 1 aromatic heterocycles. The highest BCUT2D eigenvalue weighted by molar-refractivity contribution is 5.86. The normalized spacial score (nSPS) is 10.7. The summed E-state index contributed by atoms with van der Waals surface area (Å²) in [6.45, 7) is 2.01. The van der Waals surface area contributed by atoms with Gasteiger partial charge >= 0.3 is 5.97 Å². The third-order valence-electron chi connectivity index (χ3n) is 2.66. The maximum Gasteiger partial charge on any atom is 0.330 e. The lowest BCUT2D eigenvalue weighted by Crippen LogP contribution is -1.98. The number of carbonyl (C=O) groups is 1. The summed E-state index contributed by atoms with van der Waals surface area (Å²) in [5, 5.41) is 11.0. The van der Waals surface area contributed by atoms with E-state index in [9.17, 15) is 14.9 Å². The summed E-state index contributed by atoms with van der Waals surface area (Å²) in [6, 6.07) is 9.54. The molecule has 0 fully saturated rings. The molecule has 0 saturated carbocycles. The van der Waals surface area contributed by atoms with Crippen LogP contribution in [0.5, 0.6) is 0 Å². The SMILES string of the molecule is CCOC(=O)/C=C/c1ccc(-c2ccccc2[N+](=O)[O-])o1. The average Bonchev–Trinajstić information content (AvgIpc) is 2.94. The van der Waals surface area contributed by atoms with E-state index in [1.165, 1.54) is 18.2 Å². The van der Waals surface area contributed by atoms with Crippen molar-refractivity contribution in [2.24, 2.45) is 0 Å². The lowest BCUT2D eigenvalue weighted by Gasteiger charge is -1.98. The van der Waals surface area contributed by atoms with Crippen molar-refractivity contribution in [1.82, 2.24) is 0 Å². The first kappa shape index (κ1) is 14.5. The molecule has 0 aliphatic rings. The number of benzene rings is 1. The molecule has 2 aromatic rings. The number of rotatable bonds is 5. The number of carbonyl (C=O) groups excluding carboxylic acids is 1. The Morgan fingerprint density at radius 2 is 2.10 bits per heavy atom. The van der Waals surface area contributed by atoms with Crippen molar-refractivity contribution in [3.05, 3.63) is 58.3 Å². The van der Waals surface area contributed by atoms with Crippen molar-refractivity contribution >= 4 is 17.7 Å². The van der Waals surface area contributed by atoms with Crippen LogP contribution in [0.25, 0.3) is 17.4 Å². The number of hydrogen-bond donors (Lipinski definition) is 0. The highest BCUT2D eigenvalue weighted by Gasteiger charge is 2.16. The van der Waals surface area contributed by atoms with Gasteiger partial charge in [-0.1, -0.05) is 12.1 Å². The van der Waals surface area contributed by atoms with Crippen molar-refractivity contribution in [2.45, 2.75) is 6.92 Å². The fourth-order valence-corrected chi connectivity index (χ4v) is 1.77. The summed E-state index contributed by atoms with van der Waals surface area (Å²) < 4.78 is 10.2. The molecule has 1 heterocycles. The van der Waals surface area contributed by atoms with Crippen LogP contribution in [-0.4, -0.2) is 17.5 Å². The fourth-order valence-electron chi connectivity index (χ4n) is 1.77. The predicted octanol–water partition coefficient (Wildman–Crippen LogP) is 3.43. The van der Waals surface area contributed by atoms with Crippen LogP contribution in [0.4, 0.5) is 5.69 Å². The van der Waals surface area contributed by atoms with Gasteiger partial charge in [-0.2, -0.15) is 0 Å². The number of nitro groups is 1. The van der Waals surface area contributed by atoms with E-state index >= 15 is 0 Å². The van der Waals surface area contributed by atoms with E-state index in [1.807, 2.05) is 0 Å². The van der Waals surface area contributed by atoms with E-state index in [4.69, 9.17) is 9.15 Å². The molecule has 0 aliphatic heterocycles. The first-order valence-electron chi connectivity index (χ1n) is 6.30. The quantitative estimate of drug-likeness (QED) is 0.364. The molecule has 0 bridgehead atoms. The second-order valence-electron chi connectivity index (χ2n) is 4.06. The Balaban J connectivity index is 2.25. The van der Waals surface area contributed by atoms with Gasteiger partial charge in [0.25, 0.3) is 5.69 Å². The van der Waals surface area contributed by atoms with Gasteiger partial charge in [-0.05, 0) is 31.2 Å². The molecule has 0 atom stereocenters. The van der Waals surface area contributed by atoms with Crippen molar-refractivity contribution in [2.75, 3.05) is 6.61 Å². The summed E-state index contributed by atoms with van der Waals surface area (Å²) in [6.07, 6.45) is 2.70. The monoisotopic (exact) mass is 287 g/mol. The van der Waals surface area contributed by atoms with Gasteiger partial charge in [-0.25, -0.2) is 4.79 Å². The van der Waals surface area contributed by atoms with E-state index in [1.54, 1.807) is 37.3 Å². The van der Waals surface area contributed by atoms with Gasteiger partial charge < -0.3 is 9.15 Å². The van der Waals surface area contributed by atoms with Crippen LogP contribution in [0, 0.1) is 10.1 Å². The Bertz CT molecular complexity index is 687. The molecular weight excluding hydrogens is 274 g/mol. The van der Waals surface area contributed by atoms with Crippen LogP contribution in [0.3, 0.4) is 0 Å². The molecule has 0 N–H and O–H groups in total. The van der Waals surface area contributed by atoms with Crippen LogP contribution in [0.15, 0.2) is 46.9 Å². The zero-order valence-corrected chi connectivity index (χ0v) is 11.3. The fraction of sp³-hybridized carbons (Fsp3) is 0.133. The van der Waals surface area contributed by atoms with Gasteiger partial charge in [0.15, 0.2) is 0 Å². The number of para-hydroxylation sites is 1. The predicted molar refractivity (Wildman–Crippen MR) is 76.5 cm³/mol. The molecule has 0 amide bonds. The van der Waals surface area contributed by atoms with Crippen molar-refractivity contribution in [3.8, 4) is 11.3 Å². The molecule has 0 spiro atoms. The first-order valence-corrected chi connectivity index (χ1v) is 6.30. The second kappa shape index (κ2) is 6.51. The number of nitrogens with zero attached hydrogens (tertiary/aromatic N) is 1. The average molecular weight is 287 g/mol. The number of ether oxygens (including phenoxy) is 1. The second-order valence-corrected chi connectivity index (χ2v) is 4.06. The lowest BCUT2D eigenvalue weighted by atomic mass is 10.1. The Morgan fingerprint density at radius 1 is 1.33 bits per heavy atom. The van der Waals surface area contributed by atoms with E-state index < -0.39 is 10.9 Å². The number of furan rings is 1. The van der Waals surface area contributed by atoms with E-state index in [0.29, 0.717) is 23.7 Å². The molecule has 108 valence electrons. The molecule has 6 nitrogen and oxygen atoms in total. The van der Waals surface area contributed by atoms with Gasteiger partial charge in [-0.3, -0.25) is 10.1 Å². The highest BCUT2D eigenvalue weighted by Crippen LogP contribution is 2.31. The van der Waals surface area contributed by atoms with Crippen molar-refractivity contribution in [1.29, 1.82) is 0 Å². The third kappa shape index (κ3) is 3.56. The minimum absolute atomic E-state index is 0.0345. The number of hydrogen-bond acceptors (Lipinski definition) is 5. The molecule has 0 aliphatic carbocycles. The Hall–Kier alpha value is -2.89. The van der Waals surface area contributed by atoms with Gasteiger partial charge in [0.2, 0.25) is 0 Å². The van der Waals surface area contributed by atoms with Gasteiger partial charge in [0, 0.05) is 12.1 Å². The molecule has 21 heavy (non-hydrogen) atoms. The summed E-state index contributed by atoms with van der Waals surface area (Å²) in [7, 11) is 0. The molecule has 1 aromatic carbocycles. The van der Waals surface area contributed by atoms with Crippen LogP contribution < -0.4 is 0 Å².